The number of piperazine rings is 1. The van der Waals surface area contributed by atoms with Gasteiger partial charge in [-0.3, -0.25) is 9.69 Å². The predicted octanol–water partition coefficient (Wildman–Crippen LogP) is 3.89. The van der Waals surface area contributed by atoms with Crippen molar-refractivity contribution in [1.82, 2.24) is 10.2 Å². The molecule has 0 spiro atoms. The van der Waals surface area contributed by atoms with Gasteiger partial charge < -0.3 is 19.4 Å². The molecule has 4 rings (SSSR count). The highest BCUT2D eigenvalue weighted by molar-refractivity contribution is 5.94. The first-order valence-electron chi connectivity index (χ1n) is 10.7. The lowest BCUT2D eigenvalue weighted by Crippen LogP contribution is -2.49. The lowest BCUT2D eigenvalue weighted by Gasteiger charge is -2.39. The van der Waals surface area contributed by atoms with Gasteiger partial charge in [-0.05, 0) is 55.5 Å². The van der Waals surface area contributed by atoms with Crippen LogP contribution in [0, 0.1) is 6.92 Å². The second-order valence-corrected chi connectivity index (χ2v) is 7.83. The molecule has 162 valence electrons. The van der Waals surface area contributed by atoms with Crippen LogP contribution in [0.25, 0.3) is 0 Å². The smallest absolute Gasteiger partial charge is 0.251 e. The molecule has 1 aliphatic rings. The molecule has 1 saturated heterocycles. The molecule has 2 aromatic carbocycles. The Labute approximate surface area is 183 Å². The summed E-state index contributed by atoms with van der Waals surface area (Å²) in [4.78, 5) is 17.4. The van der Waals surface area contributed by atoms with E-state index in [1.54, 1.807) is 13.4 Å². The Balaban J connectivity index is 1.40. The van der Waals surface area contributed by atoms with Gasteiger partial charge in [0.15, 0.2) is 0 Å². The number of ether oxygens (including phenoxy) is 1. The third-order valence-electron chi connectivity index (χ3n) is 5.80. The topological polar surface area (TPSA) is 58.0 Å². The predicted molar refractivity (Wildman–Crippen MR) is 122 cm³/mol. The van der Waals surface area contributed by atoms with Crippen molar-refractivity contribution in [2.24, 2.45) is 0 Å². The van der Waals surface area contributed by atoms with Crippen LogP contribution < -0.4 is 15.0 Å². The first-order valence-corrected chi connectivity index (χ1v) is 10.7. The number of methoxy groups -OCH3 is 1. The Bertz CT molecular complexity index is 978. The molecule has 0 bridgehead atoms. The molecule has 0 unspecified atom stereocenters. The summed E-state index contributed by atoms with van der Waals surface area (Å²) >= 11 is 0. The van der Waals surface area contributed by atoms with Crippen molar-refractivity contribution in [2.75, 3.05) is 44.7 Å². The van der Waals surface area contributed by atoms with Gasteiger partial charge in [-0.25, -0.2) is 0 Å². The van der Waals surface area contributed by atoms with Crippen LogP contribution in [0.2, 0.25) is 0 Å². The number of carbonyl (C=O) groups is 1. The number of hydrogen-bond acceptors (Lipinski definition) is 5. The highest BCUT2D eigenvalue weighted by atomic mass is 16.5. The van der Waals surface area contributed by atoms with E-state index in [0.29, 0.717) is 12.1 Å². The van der Waals surface area contributed by atoms with Crippen LogP contribution >= 0.6 is 0 Å². The van der Waals surface area contributed by atoms with Crippen LogP contribution in [-0.2, 0) is 0 Å². The van der Waals surface area contributed by atoms with Gasteiger partial charge >= 0.3 is 0 Å². The highest BCUT2D eigenvalue weighted by Crippen LogP contribution is 2.25. The number of anilines is 1. The van der Waals surface area contributed by atoms with Gasteiger partial charge in [-0.2, -0.15) is 0 Å². The van der Waals surface area contributed by atoms with Crippen LogP contribution in [0.3, 0.4) is 0 Å². The maximum Gasteiger partial charge on any atom is 0.251 e. The zero-order chi connectivity index (χ0) is 21.6. The SMILES string of the molecule is COc1ccc(N2CCN([C@H](CNC(=O)c3cccc(C)c3)c3ccco3)CC2)cc1. The number of carbonyl (C=O) groups excluding carboxylic acids is 1. The van der Waals surface area contributed by atoms with E-state index in [4.69, 9.17) is 9.15 Å². The molecule has 1 aliphatic heterocycles. The van der Waals surface area contributed by atoms with Gasteiger partial charge in [-0.15, -0.1) is 0 Å². The molecule has 3 aromatic rings. The van der Waals surface area contributed by atoms with Gasteiger partial charge in [0, 0.05) is 44.0 Å². The molecular weight excluding hydrogens is 390 g/mol. The molecule has 0 aliphatic carbocycles. The summed E-state index contributed by atoms with van der Waals surface area (Å²) in [7, 11) is 1.68. The molecule has 6 nitrogen and oxygen atoms in total. The second-order valence-electron chi connectivity index (χ2n) is 7.83. The molecular formula is C25H29N3O3. The molecule has 31 heavy (non-hydrogen) atoms. The number of amides is 1. The van der Waals surface area contributed by atoms with E-state index in [-0.39, 0.29) is 11.9 Å². The van der Waals surface area contributed by atoms with E-state index in [9.17, 15) is 4.79 Å². The normalized spacial score (nSPS) is 15.5. The van der Waals surface area contributed by atoms with Gasteiger partial charge in [0.05, 0.1) is 19.4 Å². The molecule has 0 radical (unpaired) electrons. The largest absolute Gasteiger partial charge is 0.497 e. The van der Waals surface area contributed by atoms with Crippen molar-refractivity contribution >= 4 is 11.6 Å². The van der Waals surface area contributed by atoms with Crippen molar-refractivity contribution in [3.63, 3.8) is 0 Å². The van der Waals surface area contributed by atoms with Crippen LogP contribution in [0.5, 0.6) is 5.75 Å². The Morgan fingerprint density at radius 3 is 2.48 bits per heavy atom. The van der Waals surface area contributed by atoms with Gasteiger partial charge in [0.25, 0.3) is 5.91 Å². The van der Waals surface area contributed by atoms with Gasteiger partial charge in [0.2, 0.25) is 0 Å². The minimum absolute atomic E-state index is 0.00164. The Morgan fingerprint density at radius 1 is 1.06 bits per heavy atom. The fourth-order valence-electron chi connectivity index (χ4n) is 4.05. The van der Waals surface area contributed by atoms with Crippen LogP contribution in [-0.4, -0.2) is 50.6 Å². The third-order valence-corrected chi connectivity index (χ3v) is 5.80. The first kappa shape index (κ1) is 21.0. The van der Waals surface area contributed by atoms with Crippen molar-refractivity contribution in [3.05, 3.63) is 83.8 Å². The van der Waals surface area contributed by atoms with E-state index in [1.807, 2.05) is 55.5 Å². The van der Waals surface area contributed by atoms with Crippen LogP contribution in [0.15, 0.2) is 71.3 Å². The summed E-state index contributed by atoms with van der Waals surface area (Å²) in [5.41, 5.74) is 2.95. The highest BCUT2D eigenvalue weighted by Gasteiger charge is 2.27. The lowest BCUT2D eigenvalue weighted by atomic mass is 10.1. The standard InChI is InChI=1S/C25H29N3O3/c1-19-5-3-6-20(17-19)25(29)26-18-23(24-7-4-16-31-24)28-14-12-27(13-15-28)21-8-10-22(30-2)11-9-21/h3-11,16-17,23H,12-15,18H2,1-2H3,(H,26,29)/t23-/m1/s1. The molecule has 0 saturated carbocycles. The van der Waals surface area contributed by atoms with E-state index in [0.717, 1.165) is 43.3 Å². The van der Waals surface area contributed by atoms with Crippen LogP contribution in [0.4, 0.5) is 5.69 Å². The molecule has 1 atom stereocenters. The molecule has 1 amide bonds. The molecule has 1 N–H and O–H groups in total. The Morgan fingerprint density at radius 2 is 1.84 bits per heavy atom. The number of aryl methyl sites for hydroxylation is 1. The van der Waals surface area contributed by atoms with Crippen molar-refractivity contribution in [2.45, 2.75) is 13.0 Å². The fourth-order valence-corrected chi connectivity index (χ4v) is 4.05. The average molecular weight is 420 g/mol. The van der Waals surface area contributed by atoms with Gasteiger partial charge in [-0.1, -0.05) is 17.7 Å². The minimum atomic E-state index is -0.0582. The quantitative estimate of drug-likeness (QED) is 0.630. The average Bonchev–Trinajstić information content (AvgIpc) is 3.34. The Hall–Kier alpha value is -3.25. The van der Waals surface area contributed by atoms with Crippen LogP contribution in [0.1, 0.15) is 27.7 Å². The molecule has 2 heterocycles. The number of hydrogen-bond donors (Lipinski definition) is 1. The third kappa shape index (κ3) is 5.09. The lowest BCUT2D eigenvalue weighted by molar-refractivity contribution is 0.0922. The number of nitrogens with one attached hydrogen (secondary N) is 1. The maximum absolute atomic E-state index is 12.7. The van der Waals surface area contributed by atoms with E-state index < -0.39 is 0 Å². The summed E-state index contributed by atoms with van der Waals surface area (Å²) < 4.78 is 11.0. The molecule has 6 heteroatoms. The second kappa shape index (κ2) is 9.71. The Kier molecular flexibility index (Phi) is 6.57. The number of nitrogens with zero attached hydrogens (tertiary/aromatic N) is 2. The number of furan rings is 1. The summed E-state index contributed by atoms with van der Waals surface area (Å²) in [5, 5.41) is 3.10. The summed E-state index contributed by atoms with van der Waals surface area (Å²) in [6.07, 6.45) is 1.69. The van der Waals surface area contributed by atoms with Gasteiger partial charge in [0.1, 0.15) is 11.5 Å². The summed E-state index contributed by atoms with van der Waals surface area (Å²) in [5.74, 6) is 1.68. The van der Waals surface area contributed by atoms with Crippen molar-refractivity contribution < 1.29 is 13.9 Å². The minimum Gasteiger partial charge on any atom is -0.497 e. The number of benzene rings is 2. The fraction of sp³-hybridized carbons (Fsp3) is 0.320. The molecule has 1 aromatic heterocycles. The zero-order valence-corrected chi connectivity index (χ0v) is 18.1. The number of rotatable bonds is 7. The van der Waals surface area contributed by atoms with Crippen molar-refractivity contribution in [3.8, 4) is 5.75 Å². The zero-order valence-electron chi connectivity index (χ0n) is 18.1. The van der Waals surface area contributed by atoms with E-state index in [1.165, 1.54) is 5.69 Å². The first-order chi connectivity index (χ1) is 15.1. The summed E-state index contributed by atoms with van der Waals surface area (Å²) in [6, 6.07) is 19.7. The monoisotopic (exact) mass is 419 g/mol. The van der Waals surface area contributed by atoms with E-state index >= 15 is 0 Å². The van der Waals surface area contributed by atoms with E-state index in [2.05, 4.69) is 27.2 Å². The maximum atomic E-state index is 12.7. The summed E-state index contributed by atoms with van der Waals surface area (Å²) in [6.45, 7) is 6.09. The molecule has 1 fully saturated rings. The van der Waals surface area contributed by atoms with Crippen molar-refractivity contribution in [1.29, 1.82) is 0 Å².